The maximum atomic E-state index is 8.56. The third-order valence-electron chi connectivity index (χ3n) is 0. The molecule has 0 aromatic heterocycles. The van der Waals surface area contributed by atoms with E-state index in [0.717, 1.165) is 0 Å². The van der Waals surface area contributed by atoms with Gasteiger partial charge in [0.2, 0.25) is 0 Å². The van der Waals surface area contributed by atoms with Gasteiger partial charge < -0.3 is 17.1 Å². The molecule has 7 heavy (non-hydrogen) atoms. The molecule has 3 nitrogen and oxygen atoms in total. The van der Waals surface area contributed by atoms with Crippen molar-refractivity contribution >= 4 is 6.16 Å². The summed E-state index contributed by atoms with van der Waals surface area (Å²) in [7, 11) is 0. The first kappa shape index (κ1) is 15.8. The van der Waals surface area contributed by atoms with Crippen molar-refractivity contribution in [2.45, 2.75) is 6.92 Å². The summed E-state index contributed by atoms with van der Waals surface area (Å²) in [5.74, 6) is 0. The summed E-state index contributed by atoms with van der Waals surface area (Å²) < 4.78 is 0. The summed E-state index contributed by atoms with van der Waals surface area (Å²) in [6.07, 6.45) is -1.83. The minimum absolute atomic E-state index is 0. The number of carboxylic acid groups (broad SMARTS) is 2. The van der Waals surface area contributed by atoms with Crippen LogP contribution in [0.3, 0.4) is 0 Å². The van der Waals surface area contributed by atoms with Gasteiger partial charge in [0.25, 0.3) is 0 Å². The van der Waals surface area contributed by atoms with E-state index in [4.69, 9.17) is 15.0 Å². The van der Waals surface area contributed by atoms with E-state index in [2.05, 4.69) is 6.92 Å². The third kappa shape index (κ3) is 4990. The molecule has 0 fully saturated rings. The van der Waals surface area contributed by atoms with Gasteiger partial charge in [0.1, 0.15) is 0 Å². The minimum atomic E-state index is -1.83. The second kappa shape index (κ2) is 16.9. The Balaban J connectivity index is -0.0000000480. The van der Waals surface area contributed by atoms with Gasteiger partial charge in [0.15, 0.2) is 0 Å². The van der Waals surface area contributed by atoms with Crippen molar-refractivity contribution in [2.75, 3.05) is 0 Å². The Morgan fingerprint density at radius 2 is 1.43 bits per heavy atom. The maximum Gasteiger partial charge on any atom is 1.00 e. The zero-order valence-corrected chi connectivity index (χ0v) is 4.51. The molecule has 0 bridgehead atoms. The van der Waals surface area contributed by atoms with Gasteiger partial charge in [-0.25, -0.2) is 4.79 Å². The molecule has 0 aliphatic carbocycles. The van der Waals surface area contributed by atoms with Gasteiger partial charge in [0.05, 0.1) is 0 Å². The monoisotopic (exact) mass is 98.1 g/mol. The summed E-state index contributed by atoms with van der Waals surface area (Å²) >= 11 is 0. The van der Waals surface area contributed by atoms with E-state index in [9.17, 15) is 0 Å². The molecule has 0 heterocycles. The van der Waals surface area contributed by atoms with Crippen molar-refractivity contribution in [1.82, 2.24) is 0 Å². The molecule has 0 radical (unpaired) electrons. The van der Waals surface area contributed by atoms with E-state index in [-0.39, 0.29) is 18.9 Å². The number of hydrogen-bond donors (Lipinski definition) is 2. The van der Waals surface area contributed by atoms with Gasteiger partial charge in [-0.15, -0.1) is 0 Å². The smallest absolute Gasteiger partial charge is 0.450 e. The first-order valence-electron chi connectivity index (χ1n) is 1.36. The van der Waals surface area contributed by atoms with Crippen LogP contribution >= 0.6 is 0 Å². The van der Waals surface area contributed by atoms with Crippen LogP contribution in [0.5, 0.6) is 0 Å². The largest absolute Gasteiger partial charge is 1.00 e. The second-order valence-electron chi connectivity index (χ2n) is 0.283. The Morgan fingerprint density at radius 1 is 1.43 bits per heavy atom. The Kier molecular flexibility index (Phi) is 38.2. The SMILES string of the molecule is O=C(O)O.[CH2-]C.[Li+]. The van der Waals surface area contributed by atoms with Crippen LogP contribution in [0.4, 0.5) is 4.79 Å². The molecular weight excluding hydrogens is 91.0 g/mol. The third-order valence-corrected chi connectivity index (χ3v) is 0. The molecule has 0 rings (SSSR count). The molecule has 0 spiro atoms. The summed E-state index contributed by atoms with van der Waals surface area (Å²) in [6.45, 7) is 5.00. The summed E-state index contributed by atoms with van der Waals surface area (Å²) in [4.78, 5) is 8.56. The van der Waals surface area contributed by atoms with E-state index < -0.39 is 6.16 Å². The predicted molar refractivity (Wildman–Crippen MR) is 21.7 cm³/mol. The molecule has 0 aromatic carbocycles. The van der Waals surface area contributed by atoms with Gasteiger partial charge >= 0.3 is 25.0 Å². The van der Waals surface area contributed by atoms with Gasteiger partial charge in [-0.05, 0) is 0 Å². The molecule has 0 saturated carbocycles. The van der Waals surface area contributed by atoms with Gasteiger partial charge in [-0.2, -0.15) is 6.92 Å². The number of rotatable bonds is 0. The summed E-state index contributed by atoms with van der Waals surface area (Å²) in [6, 6.07) is 0. The van der Waals surface area contributed by atoms with Crippen LogP contribution in [0.15, 0.2) is 0 Å². The molecule has 0 aromatic rings. The fraction of sp³-hybridized carbons (Fsp3) is 0.333. The van der Waals surface area contributed by atoms with E-state index in [1.807, 2.05) is 0 Å². The molecule has 0 amide bonds. The van der Waals surface area contributed by atoms with Crippen LogP contribution in [0.25, 0.3) is 0 Å². The van der Waals surface area contributed by atoms with Crippen LogP contribution < -0.4 is 18.9 Å². The first-order valence-corrected chi connectivity index (χ1v) is 1.36. The van der Waals surface area contributed by atoms with Crippen molar-refractivity contribution in [3.63, 3.8) is 0 Å². The van der Waals surface area contributed by atoms with Gasteiger partial charge in [-0.1, -0.05) is 0 Å². The Labute approximate surface area is 54.5 Å². The van der Waals surface area contributed by atoms with Crippen molar-refractivity contribution in [2.24, 2.45) is 0 Å². The molecule has 0 aliphatic heterocycles. The second-order valence-corrected chi connectivity index (χ2v) is 0.283. The van der Waals surface area contributed by atoms with Crippen LogP contribution in [0.2, 0.25) is 0 Å². The number of hydrogen-bond acceptors (Lipinski definition) is 1. The topological polar surface area (TPSA) is 57.5 Å². The van der Waals surface area contributed by atoms with E-state index in [0.29, 0.717) is 0 Å². The molecule has 4 heteroatoms. The normalized spacial score (nSPS) is 4.29. The molecule has 38 valence electrons. The average Bonchev–Trinajstić information content (AvgIpc) is 1.41. The zero-order valence-electron chi connectivity index (χ0n) is 4.51. The van der Waals surface area contributed by atoms with Crippen molar-refractivity contribution in [3.8, 4) is 0 Å². The Bertz CT molecular complexity index is 33.2. The minimum Gasteiger partial charge on any atom is -0.450 e. The van der Waals surface area contributed by atoms with Crippen LogP contribution in [0, 0.1) is 6.92 Å². The molecular formula is C3H7LiO3. The standard InChI is InChI=1S/C2H5.CH2O3.Li/c1-2;2-1(3)4;/h1H2,2H3;(H2,2,3,4);/q-1;;+1. The van der Waals surface area contributed by atoms with Crippen LogP contribution in [-0.2, 0) is 0 Å². The van der Waals surface area contributed by atoms with Gasteiger partial charge in [0, 0.05) is 0 Å². The average molecular weight is 98.0 g/mol. The quantitative estimate of drug-likeness (QED) is 0.274. The fourth-order valence-corrected chi connectivity index (χ4v) is 0. The number of carbonyl (C=O) groups is 1. The summed E-state index contributed by atoms with van der Waals surface area (Å²) in [5.41, 5.74) is 0. The van der Waals surface area contributed by atoms with Gasteiger partial charge in [-0.3, -0.25) is 0 Å². The van der Waals surface area contributed by atoms with E-state index >= 15 is 0 Å². The van der Waals surface area contributed by atoms with E-state index in [1.54, 1.807) is 6.92 Å². The Morgan fingerprint density at radius 3 is 1.43 bits per heavy atom. The van der Waals surface area contributed by atoms with Crippen LogP contribution in [0.1, 0.15) is 6.92 Å². The van der Waals surface area contributed by atoms with E-state index in [1.165, 1.54) is 0 Å². The predicted octanol–water partition coefficient (Wildman–Crippen LogP) is -1.93. The molecule has 0 aliphatic rings. The zero-order chi connectivity index (χ0) is 5.58. The van der Waals surface area contributed by atoms with Crippen molar-refractivity contribution in [3.05, 3.63) is 6.92 Å². The van der Waals surface area contributed by atoms with Crippen molar-refractivity contribution < 1.29 is 33.9 Å². The van der Waals surface area contributed by atoms with Crippen molar-refractivity contribution in [1.29, 1.82) is 0 Å². The van der Waals surface area contributed by atoms with Crippen LogP contribution in [-0.4, -0.2) is 16.4 Å². The molecule has 2 N–H and O–H groups in total. The first-order chi connectivity index (χ1) is 2.73. The molecule has 0 unspecified atom stereocenters. The fourth-order valence-electron chi connectivity index (χ4n) is 0. The molecule has 0 saturated heterocycles. The summed E-state index contributed by atoms with van der Waals surface area (Å²) in [5, 5.41) is 13.9. The Hall–Kier alpha value is -0.133. The molecule has 0 atom stereocenters. The maximum absolute atomic E-state index is 8.56.